The van der Waals surface area contributed by atoms with Gasteiger partial charge in [0.15, 0.2) is 5.82 Å². The third-order valence-electron chi connectivity index (χ3n) is 2.74. The van der Waals surface area contributed by atoms with Crippen LogP contribution in [0.25, 0.3) is 0 Å². The molecule has 0 fully saturated rings. The average molecular weight is 331 g/mol. The van der Waals surface area contributed by atoms with E-state index in [0.29, 0.717) is 10.6 Å². The number of phenols is 1. The highest BCUT2D eigenvalue weighted by atomic mass is 35.5. The number of nitrogens with one attached hydrogen (secondary N) is 1. The van der Waals surface area contributed by atoms with Crippen molar-refractivity contribution in [3.63, 3.8) is 0 Å². The molecule has 2 aromatic carbocycles. The number of nitro groups is 1. The minimum Gasteiger partial charge on any atom is -0.506 e. The Morgan fingerprint density at radius 3 is 2.62 bits per heavy atom. The maximum Gasteiger partial charge on any atom is 0.272 e. The van der Waals surface area contributed by atoms with Crippen LogP contribution in [-0.2, 0) is 6.54 Å². The monoisotopic (exact) mass is 330 g/mol. The number of anilines is 1. The Balaban J connectivity index is 2.19. The van der Waals surface area contributed by atoms with Crippen LogP contribution in [0.2, 0.25) is 10.0 Å². The first kappa shape index (κ1) is 15.3. The van der Waals surface area contributed by atoms with Gasteiger partial charge in [0.1, 0.15) is 5.75 Å². The minimum absolute atomic E-state index is 0.0564. The zero-order chi connectivity index (χ0) is 15.6. The SMILES string of the molecule is O=[N+]([O-])c1ccc(NCc2cc(Cl)cc(Cl)c2O)c(F)c1. The van der Waals surface area contributed by atoms with E-state index in [1.54, 1.807) is 0 Å². The van der Waals surface area contributed by atoms with Gasteiger partial charge < -0.3 is 10.4 Å². The van der Waals surface area contributed by atoms with E-state index in [2.05, 4.69) is 5.32 Å². The summed E-state index contributed by atoms with van der Waals surface area (Å²) in [6.45, 7) is 0.0564. The molecule has 2 aromatic rings. The van der Waals surface area contributed by atoms with Crippen LogP contribution in [0.3, 0.4) is 0 Å². The van der Waals surface area contributed by atoms with Gasteiger partial charge >= 0.3 is 0 Å². The summed E-state index contributed by atoms with van der Waals surface area (Å²) in [4.78, 5) is 9.83. The lowest BCUT2D eigenvalue weighted by molar-refractivity contribution is -0.385. The van der Waals surface area contributed by atoms with Gasteiger partial charge in [0.05, 0.1) is 21.7 Å². The van der Waals surface area contributed by atoms with E-state index in [-0.39, 0.29) is 28.7 Å². The zero-order valence-corrected chi connectivity index (χ0v) is 12.0. The predicted octanol–water partition coefficient (Wildman–Crippen LogP) is 4.36. The van der Waals surface area contributed by atoms with Gasteiger partial charge in [0.25, 0.3) is 5.69 Å². The molecule has 0 radical (unpaired) electrons. The van der Waals surface area contributed by atoms with Crippen LogP contribution in [0, 0.1) is 15.9 Å². The number of halogens is 3. The summed E-state index contributed by atoms with van der Waals surface area (Å²) >= 11 is 11.6. The predicted molar refractivity (Wildman–Crippen MR) is 78.5 cm³/mol. The van der Waals surface area contributed by atoms with E-state index in [0.717, 1.165) is 6.07 Å². The molecule has 0 aliphatic rings. The molecule has 0 heterocycles. The summed E-state index contributed by atoms with van der Waals surface area (Å²) < 4.78 is 13.7. The number of rotatable bonds is 4. The maximum absolute atomic E-state index is 13.7. The standard InChI is InChI=1S/C13H9Cl2FN2O3/c14-8-3-7(13(19)10(15)4-8)6-17-12-2-1-9(18(20)21)5-11(12)16/h1-5,17,19H,6H2. The number of non-ortho nitro benzene ring substituents is 1. The quantitative estimate of drug-likeness (QED) is 0.645. The first-order valence-corrected chi connectivity index (χ1v) is 6.49. The van der Waals surface area contributed by atoms with Crippen molar-refractivity contribution in [3.05, 3.63) is 61.9 Å². The lowest BCUT2D eigenvalue weighted by Crippen LogP contribution is -2.02. The van der Waals surface area contributed by atoms with Gasteiger partial charge in [0, 0.05) is 23.2 Å². The van der Waals surface area contributed by atoms with Crippen LogP contribution in [0.5, 0.6) is 5.75 Å². The van der Waals surface area contributed by atoms with Crippen molar-refractivity contribution in [2.24, 2.45) is 0 Å². The van der Waals surface area contributed by atoms with Crippen molar-refractivity contribution in [2.75, 3.05) is 5.32 Å². The van der Waals surface area contributed by atoms with E-state index < -0.39 is 10.7 Å². The lowest BCUT2D eigenvalue weighted by Gasteiger charge is -2.10. The van der Waals surface area contributed by atoms with Gasteiger partial charge in [0.2, 0.25) is 0 Å². The van der Waals surface area contributed by atoms with Crippen LogP contribution in [0.1, 0.15) is 5.56 Å². The van der Waals surface area contributed by atoms with Crippen LogP contribution in [0.4, 0.5) is 15.8 Å². The fourth-order valence-corrected chi connectivity index (χ4v) is 2.24. The Morgan fingerprint density at radius 2 is 2.00 bits per heavy atom. The van der Waals surface area contributed by atoms with E-state index in [9.17, 15) is 19.6 Å². The van der Waals surface area contributed by atoms with Crippen molar-refractivity contribution in [2.45, 2.75) is 6.54 Å². The lowest BCUT2D eigenvalue weighted by atomic mass is 10.2. The van der Waals surface area contributed by atoms with Gasteiger partial charge in [-0.3, -0.25) is 10.1 Å². The van der Waals surface area contributed by atoms with Gasteiger partial charge in [-0.15, -0.1) is 0 Å². The third-order valence-corrected chi connectivity index (χ3v) is 3.25. The van der Waals surface area contributed by atoms with Crippen molar-refractivity contribution < 1.29 is 14.4 Å². The summed E-state index contributed by atoms with van der Waals surface area (Å²) in [5, 5.41) is 23.4. The summed E-state index contributed by atoms with van der Waals surface area (Å²) in [5.74, 6) is -0.923. The van der Waals surface area contributed by atoms with Crippen molar-refractivity contribution in [3.8, 4) is 5.75 Å². The minimum atomic E-state index is -0.767. The highest BCUT2D eigenvalue weighted by Crippen LogP contribution is 2.32. The zero-order valence-electron chi connectivity index (χ0n) is 10.4. The fraction of sp³-hybridized carbons (Fsp3) is 0.0769. The van der Waals surface area contributed by atoms with Gasteiger partial charge in [-0.2, -0.15) is 0 Å². The van der Waals surface area contributed by atoms with Crippen LogP contribution in [0.15, 0.2) is 30.3 Å². The molecule has 0 atom stereocenters. The molecule has 0 unspecified atom stereocenters. The molecule has 8 heteroatoms. The smallest absolute Gasteiger partial charge is 0.272 e. The number of benzene rings is 2. The Bertz CT molecular complexity index is 710. The van der Waals surface area contributed by atoms with Gasteiger partial charge in [-0.1, -0.05) is 23.2 Å². The second-order valence-corrected chi connectivity index (χ2v) is 5.01. The summed E-state index contributed by atoms with van der Waals surface area (Å²) in [6.07, 6.45) is 0. The molecule has 0 amide bonds. The van der Waals surface area contributed by atoms with Gasteiger partial charge in [-0.05, 0) is 18.2 Å². The van der Waals surface area contributed by atoms with Crippen molar-refractivity contribution in [1.29, 1.82) is 0 Å². The Hall–Kier alpha value is -2.05. The van der Waals surface area contributed by atoms with E-state index in [1.807, 2.05) is 0 Å². The molecular formula is C13H9Cl2FN2O3. The molecule has 0 bridgehead atoms. The Labute approximate surface area is 129 Å². The first-order chi connectivity index (χ1) is 9.88. The second kappa shape index (κ2) is 6.15. The topological polar surface area (TPSA) is 75.4 Å². The molecule has 0 aliphatic heterocycles. The van der Waals surface area contributed by atoms with Crippen molar-refractivity contribution >= 4 is 34.6 Å². The summed E-state index contributed by atoms with van der Waals surface area (Å²) in [5.41, 5.74) is 0.105. The van der Waals surface area contributed by atoms with E-state index in [4.69, 9.17) is 23.2 Å². The second-order valence-electron chi connectivity index (χ2n) is 4.17. The molecule has 2 rings (SSSR count). The highest BCUT2D eigenvalue weighted by Gasteiger charge is 2.12. The summed E-state index contributed by atoms with van der Waals surface area (Å²) in [6, 6.07) is 6.10. The van der Waals surface area contributed by atoms with Gasteiger partial charge in [-0.25, -0.2) is 4.39 Å². The molecule has 0 aliphatic carbocycles. The molecular weight excluding hydrogens is 322 g/mol. The normalized spacial score (nSPS) is 10.4. The molecule has 0 aromatic heterocycles. The molecule has 0 saturated heterocycles. The average Bonchev–Trinajstić information content (AvgIpc) is 2.42. The van der Waals surface area contributed by atoms with E-state index in [1.165, 1.54) is 24.3 Å². The number of phenolic OH excluding ortho intramolecular Hbond substituents is 1. The number of hydrogen-bond acceptors (Lipinski definition) is 4. The maximum atomic E-state index is 13.7. The Morgan fingerprint density at radius 1 is 1.29 bits per heavy atom. The number of hydrogen-bond donors (Lipinski definition) is 2. The van der Waals surface area contributed by atoms with Crippen LogP contribution >= 0.6 is 23.2 Å². The number of nitro benzene ring substituents is 1. The highest BCUT2D eigenvalue weighted by molar-refractivity contribution is 6.35. The van der Waals surface area contributed by atoms with E-state index >= 15 is 0 Å². The molecule has 110 valence electrons. The molecule has 21 heavy (non-hydrogen) atoms. The Kier molecular flexibility index (Phi) is 4.50. The molecule has 5 nitrogen and oxygen atoms in total. The van der Waals surface area contributed by atoms with Crippen molar-refractivity contribution in [1.82, 2.24) is 0 Å². The largest absolute Gasteiger partial charge is 0.506 e. The summed E-state index contributed by atoms with van der Waals surface area (Å²) in [7, 11) is 0. The van der Waals surface area contributed by atoms with Crippen LogP contribution < -0.4 is 5.32 Å². The number of aromatic hydroxyl groups is 1. The molecule has 0 spiro atoms. The fourth-order valence-electron chi connectivity index (χ4n) is 1.71. The van der Waals surface area contributed by atoms with Crippen LogP contribution in [-0.4, -0.2) is 10.0 Å². The molecule has 2 N–H and O–H groups in total. The molecule has 0 saturated carbocycles. The third kappa shape index (κ3) is 3.53. The number of nitrogens with zero attached hydrogens (tertiary/aromatic N) is 1. The first-order valence-electron chi connectivity index (χ1n) is 5.73.